The monoisotopic (exact) mass is 355 g/mol. The van der Waals surface area contributed by atoms with E-state index in [1.807, 2.05) is 6.92 Å². The molecule has 0 aliphatic heterocycles. The third kappa shape index (κ3) is 4.39. The first kappa shape index (κ1) is 17.9. The Kier molecular flexibility index (Phi) is 5.21. The Morgan fingerprint density at radius 2 is 1.69 bits per heavy atom. The number of hydrogen-bond donors (Lipinski definition) is 2. The van der Waals surface area contributed by atoms with Crippen molar-refractivity contribution < 1.29 is 14.0 Å². The van der Waals surface area contributed by atoms with E-state index in [1.54, 1.807) is 48.3 Å². The van der Waals surface area contributed by atoms with Crippen molar-refractivity contribution in [1.29, 1.82) is 0 Å². The lowest BCUT2D eigenvalue weighted by atomic mass is 10.1. The molecule has 0 aromatic heterocycles. The fraction of sp³-hybridized carbons (Fsp3) is 0.300. The zero-order valence-corrected chi connectivity index (χ0v) is 14.8. The van der Waals surface area contributed by atoms with E-state index in [2.05, 4.69) is 10.6 Å². The van der Waals surface area contributed by atoms with E-state index >= 15 is 0 Å². The molecular weight excluding hydrogens is 333 g/mol. The van der Waals surface area contributed by atoms with Crippen molar-refractivity contribution in [1.82, 2.24) is 4.90 Å². The van der Waals surface area contributed by atoms with Crippen LogP contribution in [0.4, 0.5) is 20.6 Å². The summed E-state index contributed by atoms with van der Waals surface area (Å²) in [5.41, 5.74) is 2.10. The van der Waals surface area contributed by atoms with Crippen LogP contribution in [0.5, 0.6) is 0 Å². The smallest absolute Gasteiger partial charge is 0.322 e. The van der Waals surface area contributed by atoms with Crippen molar-refractivity contribution in [3.63, 3.8) is 0 Å². The topological polar surface area (TPSA) is 61.4 Å². The Morgan fingerprint density at radius 3 is 2.31 bits per heavy atom. The van der Waals surface area contributed by atoms with Gasteiger partial charge in [-0.3, -0.25) is 4.79 Å². The fourth-order valence-corrected chi connectivity index (χ4v) is 2.62. The van der Waals surface area contributed by atoms with Gasteiger partial charge in [0.2, 0.25) is 5.91 Å². The average Bonchev–Trinajstić information content (AvgIpc) is 3.46. The summed E-state index contributed by atoms with van der Waals surface area (Å²) in [6.45, 7) is 1.87. The molecule has 1 fully saturated rings. The van der Waals surface area contributed by atoms with E-state index in [1.165, 1.54) is 12.1 Å². The summed E-state index contributed by atoms with van der Waals surface area (Å²) in [5.74, 6) is -0.162. The molecule has 0 spiro atoms. The molecule has 1 aliphatic carbocycles. The highest BCUT2D eigenvalue weighted by Gasteiger charge is 2.29. The largest absolute Gasteiger partial charge is 0.326 e. The number of nitrogens with zero attached hydrogens (tertiary/aromatic N) is 1. The van der Waals surface area contributed by atoms with Gasteiger partial charge in [0.25, 0.3) is 0 Å². The summed E-state index contributed by atoms with van der Waals surface area (Å²) < 4.78 is 13.1. The first-order valence-electron chi connectivity index (χ1n) is 8.64. The molecule has 1 unspecified atom stereocenters. The molecule has 2 N–H and O–H groups in total. The van der Waals surface area contributed by atoms with Gasteiger partial charge in [-0.1, -0.05) is 18.2 Å². The third-order valence-corrected chi connectivity index (χ3v) is 4.58. The quantitative estimate of drug-likeness (QED) is 0.835. The number of halogens is 1. The molecule has 1 aliphatic rings. The lowest BCUT2D eigenvalue weighted by molar-refractivity contribution is -0.117. The predicted molar refractivity (Wildman–Crippen MR) is 99.4 cm³/mol. The first-order valence-corrected chi connectivity index (χ1v) is 8.64. The van der Waals surface area contributed by atoms with Gasteiger partial charge in [-0.2, -0.15) is 0 Å². The number of anilines is 2. The van der Waals surface area contributed by atoms with Crippen molar-refractivity contribution in [3.05, 3.63) is 59.9 Å². The molecule has 3 rings (SSSR count). The molecule has 0 bridgehead atoms. The van der Waals surface area contributed by atoms with Crippen LogP contribution in [-0.4, -0.2) is 23.9 Å². The maximum Gasteiger partial charge on any atom is 0.322 e. The highest BCUT2D eigenvalue weighted by atomic mass is 19.1. The molecule has 6 heteroatoms. The van der Waals surface area contributed by atoms with Gasteiger partial charge in [-0.05, 0) is 55.7 Å². The summed E-state index contributed by atoms with van der Waals surface area (Å²) in [6.07, 6.45) is 1.88. The molecule has 3 amide bonds. The van der Waals surface area contributed by atoms with Gasteiger partial charge in [-0.25, -0.2) is 9.18 Å². The molecule has 2 aromatic carbocycles. The van der Waals surface area contributed by atoms with Crippen LogP contribution in [-0.2, 0) is 4.79 Å². The summed E-state index contributed by atoms with van der Waals surface area (Å²) in [7, 11) is 1.68. The minimum Gasteiger partial charge on any atom is -0.326 e. The van der Waals surface area contributed by atoms with Gasteiger partial charge in [0.05, 0.1) is 6.04 Å². The first-order chi connectivity index (χ1) is 12.4. The molecule has 5 nitrogen and oxygen atoms in total. The average molecular weight is 355 g/mol. The van der Waals surface area contributed by atoms with E-state index in [0.29, 0.717) is 11.4 Å². The predicted octanol–water partition coefficient (Wildman–Crippen LogP) is 4.40. The van der Waals surface area contributed by atoms with Gasteiger partial charge in [0, 0.05) is 24.3 Å². The van der Waals surface area contributed by atoms with E-state index in [4.69, 9.17) is 0 Å². The van der Waals surface area contributed by atoms with E-state index in [0.717, 1.165) is 18.4 Å². The van der Waals surface area contributed by atoms with Crippen LogP contribution in [0.3, 0.4) is 0 Å². The van der Waals surface area contributed by atoms with Crippen LogP contribution in [0.1, 0.15) is 31.4 Å². The van der Waals surface area contributed by atoms with Gasteiger partial charge in [-0.15, -0.1) is 0 Å². The Morgan fingerprint density at radius 1 is 1.08 bits per heavy atom. The fourth-order valence-electron chi connectivity index (χ4n) is 2.62. The summed E-state index contributed by atoms with van der Waals surface area (Å²) in [6, 6.07) is 12.7. The number of nitrogens with one attached hydrogen (secondary N) is 2. The molecule has 2 aromatic rings. The summed E-state index contributed by atoms with van der Waals surface area (Å²) in [4.78, 5) is 25.9. The molecule has 0 radical (unpaired) electrons. The second kappa shape index (κ2) is 7.56. The number of carbonyl (C=O) groups excluding carboxylic acids is 2. The number of urea groups is 1. The Balaban J connectivity index is 1.63. The number of amides is 3. The number of carbonyl (C=O) groups is 2. The van der Waals surface area contributed by atoms with Gasteiger partial charge in [0.1, 0.15) is 5.82 Å². The molecule has 26 heavy (non-hydrogen) atoms. The minimum atomic E-state index is -0.307. The van der Waals surface area contributed by atoms with E-state index < -0.39 is 0 Å². The van der Waals surface area contributed by atoms with Crippen LogP contribution in [0, 0.1) is 11.7 Å². The second-order valence-electron chi connectivity index (χ2n) is 6.61. The number of hydrogen-bond acceptors (Lipinski definition) is 2. The lowest BCUT2D eigenvalue weighted by Gasteiger charge is -2.25. The number of rotatable bonds is 5. The van der Waals surface area contributed by atoms with Crippen molar-refractivity contribution >= 4 is 23.3 Å². The molecule has 0 heterocycles. The Hall–Kier alpha value is -2.89. The standard InChI is InChI=1S/C20H22FN3O2/c1-13(14-8-10-16(21)11-9-14)24(2)20(26)23-18-5-3-4-17(12-18)22-19(25)15-6-7-15/h3-5,8-13,15H,6-7H2,1-2H3,(H,22,25)(H,23,26). The van der Waals surface area contributed by atoms with Crippen LogP contribution in [0.25, 0.3) is 0 Å². The van der Waals surface area contributed by atoms with Gasteiger partial charge >= 0.3 is 6.03 Å². The highest BCUT2D eigenvalue weighted by molar-refractivity contribution is 5.95. The second-order valence-corrected chi connectivity index (χ2v) is 6.61. The van der Waals surface area contributed by atoms with Crippen molar-refractivity contribution in [2.75, 3.05) is 17.7 Å². The third-order valence-electron chi connectivity index (χ3n) is 4.58. The highest BCUT2D eigenvalue weighted by Crippen LogP contribution is 2.30. The van der Waals surface area contributed by atoms with Crippen LogP contribution >= 0.6 is 0 Å². The molecular formula is C20H22FN3O2. The van der Waals surface area contributed by atoms with E-state index in [-0.39, 0.29) is 29.7 Å². The maximum absolute atomic E-state index is 13.1. The molecule has 136 valence electrons. The SMILES string of the molecule is CC(c1ccc(F)cc1)N(C)C(=O)Nc1cccc(NC(=O)C2CC2)c1. The lowest BCUT2D eigenvalue weighted by Crippen LogP contribution is -2.33. The van der Waals surface area contributed by atoms with Crippen LogP contribution in [0.15, 0.2) is 48.5 Å². The molecule has 1 atom stereocenters. The van der Waals surface area contributed by atoms with Gasteiger partial charge in [0.15, 0.2) is 0 Å². The minimum absolute atomic E-state index is 0.0236. The summed E-state index contributed by atoms with van der Waals surface area (Å²) >= 11 is 0. The van der Waals surface area contributed by atoms with Crippen molar-refractivity contribution in [3.8, 4) is 0 Å². The van der Waals surface area contributed by atoms with Crippen LogP contribution in [0.2, 0.25) is 0 Å². The number of benzene rings is 2. The Labute approximate surface area is 152 Å². The maximum atomic E-state index is 13.1. The zero-order chi connectivity index (χ0) is 18.7. The zero-order valence-electron chi connectivity index (χ0n) is 14.8. The normalized spacial score (nSPS) is 14.4. The molecule has 1 saturated carbocycles. The Bertz CT molecular complexity index is 803. The molecule has 0 saturated heterocycles. The van der Waals surface area contributed by atoms with E-state index in [9.17, 15) is 14.0 Å². The van der Waals surface area contributed by atoms with Crippen LogP contribution < -0.4 is 10.6 Å². The summed E-state index contributed by atoms with van der Waals surface area (Å²) in [5, 5.41) is 5.69. The van der Waals surface area contributed by atoms with Crippen molar-refractivity contribution in [2.45, 2.75) is 25.8 Å². The van der Waals surface area contributed by atoms with Crippen molar-refractivity contribution in [2.24, 2.45) is 5.92 Å². The van der Waals surface area contributed by atoms with Gasteiger partial charge < -0.3 is 15.5 Å².